The van der Waals surface area contributed by atoms with E-state index in [1.165, 1.54) is 18.2 Å². The first-order valence-corrected chi connectivity index (χ1v) is 8.92. The Morgan fingerprint density at radius 1 is 1.14 bits per heavy atom. The fourth-order valence-corrected chi connectivity index (χ4v) is 3.93. The molecule has 8 heteroatoms. The second-order valence-corrected chi connectivity index (χ2v) is 6.88. The molecule has 0 radical (unpaired) electrons. The number of carbonyl (C=O) groups is 3. The summed E-state index contributed by atoms with van der Waals surface area (Å²) >= 11 is 0. The Morgan fingerprint density at radius 3 is 2.64 bits per heavy atom. The smallest absolute Gasteiger partial charge is 0.282 e. The van der Waals surface area contributed by atoms with Crippen molar-refractivity contribution in [2.75, 3.05) is 18.0 Å². The molecule has 0 fully saturated rings. The third-order valence-electron chi connectivity index (χ3n) is 5.19. The van der Waals surface area contributed by atoms with Gasteiger partial charge in [-0.25, -0.2) is 0 Å². The lowest BCUT2D eigenvalue weighted by atomic mass is 9.98. The number of nitro groups is 1. The molecule has 0 N–H and O–H groups in total. The molecule has 0 unspecified atom stereocenters. The van der Waals surface area contributed by atoms with Crippen LogP contribution in [-0.2, 0) is 11.2 Å². The summed E-state index contributed by atoms with van der Waals surface area (Å²) in [6, 6.07) is 9.72. The topological polar surface area (TPSA) is 101 Å². The van der Waals surface area contributed by atoms with E-state index in [9.17, 15) is 24.5 Å². The summed E-state index contributed by atoms with van der Waals surface area (Å²) in [4.78, 5) is 51.2. The van der Waals surface area contributed by atoms with Gasteiger partial charge in [-0.15, -0.1) is 0 Å². The molecule has 0 aliphatic carbocycles. The lowest BCUT2D eigenvalue weighted by Gasteiger charge is -2.32. The maximum atomic E-state index is 13.0. The Balaban J connectivity index is 1.64. The number of para-hydroxylation sites is 1. The van der Waals surface area contributed by atoms with Crippen LogP contribution in [0.3, 0.4) is 0 Å². The van der Waals surface area contributed by atoms with Gasteiger partial charge >= 0.3 is 0 Å². The van der Waals surface area contributed by atoms with E-state index in [0.717, 1.165) is 34.6 Å². The van der Waals surface area contributed by atoms with Crippen LogP contribution in [0.4, 0.5) is 11.4 Å². The lowest BCUT2D eigenvalue weighted by Crippen LogP contribution is -2.45. The van der Waals surface area contributed by atoms with Gasteiger partial charge in [-0.1, -0.05) is 24.3 Å². The number of imide groups is 1. The van der Waals surface area contributed by atoms with Crippen molar-refractivity contribution < 1.29 is 19.3 Å². The molecule has 0 atom stereocenters. The van der Waals surface area contributed by atoms with Crippen LogP contribution in [-0.4, -0.2) is 40.6 Å². The molecule has 0 aromatic heterocycles. The van der Waals surface area contributed by atoms with Crippen molar-refractivity contribution in [2.45, 2.75) is 19.8 Å². The average molecular weight is 379 g/mol. The minimum atomic E-state index is -0.803. The predicted octanol–water partition coefficient (Wildman–Crippen LogP) is 2.48. The molecule has 0 saturated heterocycles. The van der Waals surface area contributed by atoms with E-state index >= 15 is 0 Å². The monoisotopic (exact) mass is 379 g/mol. The highest BCUT2D eigenvalue weighted by atomic mass is 16.6. The van der Waals surface area contributed by atoms with Crippen molar-refractivity contribution in [3.8, 4) is 0 Å². The summed E-state index contributed by atoms with van der Waals surface area (Å²) in [6.07, 6.45) is 1.65. The number of nitro benzene ring substituents is 1. The Morgan fingerprint density at radius 2 is 1.89 bits per heavy atom. The summed E-state index contributed by atoms with van der Waals surface area (Å²) in [6.45, 7) is 1.97. The van der Waals surface area contributed by atoms with Crippen molar-refractivity contribution in [3.63, 3.8) is 0 Å². The number of hydrogen-bond acceptors (Lipinski definition) is 5. The van der Waals surface area contributed by atoms with Crippen molar-refractivity contribution in [2.24, 2.45) is 0 Å². The first-order chi connectivity index (χ1) is 13.4. The zero-order chi connectivity index (χ0) is 20.0. The van der Waals surface area contributed by atoms with E-state index < -0.39 is 29.0 Å². The van der Waals surface area contributed by atoms with Gasteiger partial charge < -0.3 is 4.90 Å². The minimum Gasteiger partial charge on any atom is -0.310 e. The highest BCUT2D eigenvalue weighted by Gasteiger charge is 2.42. The molecule has 0 saturated carbocycles. The van der Waals surface area contributed by atoms with Crippen molar-refractivity contribution in [1.29, 1.82) is 0 Å². The number of aryl methyl sites for hydroxylation is 2. The second kappa shape index (κ2) is 6.56. The standard InChI is InChI=1S/C20H17N3O5/c1-12-5-2-6-13-7-4-10-21(18(12)13)16(24)11-22-19(25)14-8-3-9-15(23(27)28)17(14)20(22)26/h2-3,5-6,8-9H,4,7,10-11H2,1H3. The third kappa shape index (κ3) is 2.65. The van der Waals surface area contributed by atoms with E-state index in [-0.39, 0.29) is 17.0 Å². The number of rotatable bonds is 3. The maximum absolute atomic E-state index is 13.0. The average Bonchev–Trinajstić information content (AvgIpc) is 2.92. The van der Waals surface area contributed by atoms with Crippen molar-refractivity contribution in [3.05, 3.63) is 68.8 Å². The summed E-state index contributed by atoms with van der Waals surface area (Å²) in [5.74, 6) is -1.87. The zero-order valence-corrected chi connectivity index (χ0v) is 15.2. The van der Waals surface area contributed by atoms with Crippen LogP contribution in [0, 0.1) is 17.0 Å². The number of amides is 3. The second-order valence-electron chi connectivity index (χ2n) is 6.88. The Bertz CT molecular complexity index is 1050. The molecule has 0 spiro atoms. The number of hydrogen-bond donors (Lipinski definition) is 0. The van der Waals surface area contributed by atoms with Crippen LogP contribution in [0.2, 0.25) is 0 Å². The molecule has 142 valence electrons. The largest absolute Gasteiger partial charge is 0.310 e. The van der Waals surface area contributed by atoms with Gasteiger partial charge in [0, 0.05) is 18.3 Å². The van der Waals surface area contributed by atoms with Gasteiger partial charge in [0.15, 0.2) is 0 Å². The van der Waals surface area contributed by atoms with E-state index in [1.54, 1.807) is 4.90 Å². The maximum Gasteiger partial charge on any atom is 0.282 e. The highest BCUT2D eigenvalue weighted by Crippen LogP contribution is 2.33. The molecule has 28 heavy (non-hydrogen) atoms. The summed E-state index contributed by atoms with van der Waals surface area (Å²) in [5.41, 5.74) is 2.11. The molecule has 2 aromatic carbocycles. The number of fused-ring (bicyclic) bond motifs is 2. The number of anilines is 1. The van der Waals surface area contributed by atoms with Crippen molar-refractivity contribution in [1.82, 2.24) is 4.90 Å². The van der Waals surface area contributed by atoms with E-state index in [2.05, 4.69) is 0 Å². The number of nitrogens with zero attached hydrogens (tertiary/aromatic N) is 3. The molecular formula is C20H17N3O5. The molecule has 8 nitrogen and oxygen atoms in total. The first-order valence-electron chi connectivity index (χ1n) is 8.92. The molecule has 0 bridgehead atoms. The molecule has 4 rings (SSSR count). The molecule has 2 aliphatic rings. The van der Waals surface area contributed by atoms with Crippen molar-refractivity contribution >= 4 is 29.1 Å². The van der Waals surface area contributed by atoms with E-state index in [4.69, 9.17) is 0 Å². The van der Waals surface area contributed by atoms with Crippen LogP contribution in [0.1, 0.15) is 38.3 Å². The van der Waals surface area contributed by atoms with Crippen LogP contribution < -0.4 is 4.90 Å². The van der Waals surface area contributed by atoms with Crippen LogP contribution in [0.5, 0.6) is 0 Å². The van der Waals surface area contributed by atoms with E-state index in [0.29, 0.717) is 6.54 Å². The fourth-order valence-electron chi connectivity index (χ4n) is 3.93. The molecule has 3 amide bonds. The van der Waals surface area contributed by atoms with Gasteiger partial charge in [-0.3, -0.25) is 29.4 Å². The number of benzene rings is 2. The molecule has 2 heterocycles. The predicted molar refractivity (Wildman–Crippen MR) is 100 cm³/mol. The van der Waals surface area contributed by atoms with Gasteiger partial charge in [0.1, 0.15) is 12.1 Å². The van der Waals surface area contributed by atoms with Crippen LogP contribution in [0.15, 0.2) is 36.4 Å². The van der Waals surface area contributed by atoms with Crippen LogP contribution in [0.25, 0.3) is 0 Å². The number of carbonyl (C=O) groups excluding carboxylic acids is 3. The Hall–Kier alpha value is -3.55. The lowest BCUT2D eigenvalue weighted by molar-refractivity contribution is -0.385. The normalized spacial score (nSPS) is 15.5. The van der Waals surface area contributed by atoms with Gasteiger partial charge in [0.2, 0.25) is 5.91 Å². The summed E-state index contributed by atoms with van der Waals surface area (Å²) in [7, 11) is 0. The van der Waals surface area contributed by atoms with Gasteiger partial charge in [0.25, 0.3) is 17.5 Å². The van der Waals surface area contributed by atoms with Gasteiger partial charge in [-0.2, -0.15) is 0 Å². The molecule has 2 aromatic rings. The SMILES string of the molecule is Cc1cccc2c1N(C(=O)CN1C(=O)c3cccc([N+](=O)[O-])c3C1=O)CCC2. The summed E-state index contributed by atoms with van der Waals surface area (Å²) < 4.78 is 0. The molecule has 2 aliphatic heterocycles. The highest BCUT2D eigenvalue weighted by molar-refractivity contribution is 6.24. The van der Waals surface area contributed by atoms with Gasteiger partial charge in [-0.05, 0) is 37.0 Å². The van der Waals surface area contributed by atoms with Gasteiger partial charge in [0.05, 0.1) is 10.5 Å². The minimum absolute atomic E-state index is 0.0396. The Labute approximate surface area is 160 Å². The zero-order valence-electron chi connectivity index (χ0n) is 15.2. The fraction of sp³-hybridized carbons (Fsp3) is 0.250. The quantitative estimate of drug-likeness (QED) is 0.463. The third-order valence-corrected chi connectivity index (χ3v) is 5.19. The Kier molecular flexibility index (Phi) is 4.18. The van der Waals surface area contributed by atoms with E-state index in [1.807, 2.05) is 25.1 Å². The van der Waals surface area contributed by atoms with Crippen LogP contribution >= 0.6 is 0 Å². The molecular weight excluding hydrogens is 362 g/mol. The first kappa shape index (κ1) is 17.8. The summed E-state index contributed by atoms with van der Waals surface area (Å²) in [5, 5.41) is 11.2.